The molecular formula is C29H30FeO2P+. The van der Waals surface area contributed by atoms with Gasteiger partial charge in [0.05, 0.1) is 0 Å². The van der Waals surface area contributed by atoms with E-state index in [-0.39, 0.29) is 17.1 Å². The van der Waals surface area contributed by atoms with Crippen LogP contribution in [0.25, 0.3) is 0 Å². The molecule has 0 radical (unpaired) electrons. The summed E-state index contributed by atoms with van der Waals surface area (Å²) in [7, 11) is -0.446. The molecule has 0 aromatic heterocycles. The zero-order chi connectivity index (χ0) is 23.3. The van der Waals surface area contributed by atoms with Crippen LogP contribution in [0.3, 0.4) is 0 Å². The van der Waals surface area contributed by atoms with Gasteiger partial charge in [-0.1, -0.05) is 123 Å². The molecule has 0 aliphatic heterocycles. The van der Waals surface area contributed by atoms with E-state index in [1.807, 2.05) is 0 Å². The summed E-state index contributed by atoms with van der Waals surface area (Å²) in [5.41, 5.74) is 0. The summed E-state index contributed by atoms with van der Waals surface area (Å²) in [5.74, 6) is 0. The van der Waals surface area contributed by atoms with Gasteiger partial charge in [0, 0.05) is 0 Å². The summed E-state index contributed by atoms with van der Waals surface area (Å²) in [6.45, 7) is 7.83. The van der Waals surface area contributed by atoms with Crippen LogP contribution in [0.5, 0.6) is 0 Å². The molecule has 0 atom stereocenters. The van der Waals surface area contributed by atoms with Crippen LogP contribution >= 0.6 is 7.92 Å². The zero-order valence-electron chi connectivity index (χ0n) is 18.8. The van der Waals surface area contributed by atoms with Gasteiger partial charge >= 0.3 is 28.4 Å². The molecule has 0 heterocycles. The Morgan fingerprint density at radius 2 is 1.00 bits per heavy atom. The number of rotatable bonds is 5. The smallest absolute Gasteiger partial charge is 0.0622 e. The van der Waals surface area contributed by atoms with Crippen molar-refractivity contribution in [3.8, 4) is 0 Å². The summed E-state index contributed by atoms with van der Waals surface area (Å²) >= 11 is 0. The summed E-state index contributed by atoms with van der Waals surface area (Å²) in [6, 6.07) is 32.3. The van der Waals surface area contributed by atoms with Gasteiger partial charge in [-0.15, -0.1) is 6.58 Å². The quantitative estimate of drug-likeness (QED) is 0.103. The standard InChI is InChI=1S/C18H15P.C5H5O.C5H10.CO.Fe/c1-4-10-16(11-5-1)19(17-12-6-2-7-13-17)18-14-8-3-9-15-18;1-2-3-4-5-6;1-2-4-5-3-1;1-2;/h1-15H;2-4H,1H2;1-5H2;;/q;-1;;;+2/b;4-3-;;;. The summed E-state index contributed by atoms with van der Waals surface area (Å²) in [5, 5.41) is 4.19. The molecule has 0 bridgehead atoms. The number of allylic oxidation sites excluding steroid dienone is 3. The van der Waals surface area contributed by atoms with Crippen molar-refractivity contribution in [3.05, 3.63) is 122 Å². The molecule has 1 saturated carbocycles. The number of hydrogen-bond donors (Lipinski definition) is 0. The number of hydrogen-bond acceptors (Lipinski definition) is 1. The van der Waals surface area contributed by atoms with E-state index >= 15 is 0 Å². The molecule has 1 aliphatic carbocycles. The topological polar surface area (TPSA) is 37.0 Å². The van der Waals surface area contributed by atoms with Crippen molar-refractivity contribution in [2.24, 2.45) is 0 Å². The van der Waals surface area contributed by atoms with Gasteiger partial charge < -0.3 is 4.79 Å². The second kappa shape index (κ2) is 21.4. The van der Waals surface area contributed by atoms with Gasteiger partial charge in [-0.25, -0.2) is 6.08 Å². The van der Waals surface area contributed by atoms with Gasteiger partial charge in [-0.2, -0.15) is 12.2 Å². The first-order chi connectivity index (χ1) is 15.9. The Balaban J connectivity index is 0.000000607. The third-order valence-corrected chi connectivity index (χ3v) is 7.04. The summed E-state index contributed by atoms with van der Waals surface area (Å²) in [6.07, 6.45) is 13.4. The predicted molar refractivity (Wildman–Crippen MR) is 137 cm³/mol. The average Bonchev–Trinajstić information content (AvgIpc) is 3.47. The van der Waals surface area contributed by atoms with E-state index in [9.17, 15) is 4.79 Å². The fourth-order valence-corrected chi connectivity index (χ4v) is 5.47. The minimum atomic E-state index is -0.446. The molecule has 0 spiro atoms. The molecule has 0 unspecified atom stereocenters. The SMILES string of the molecule is C1CCCC1.C=C/C=C\[C-]=O.[C-]#[O+].[Fe+2].c1ccc(P(c2ccccc2)c2ccccc2)cc1. The predicted octanol–water partition coefficient (Wildman–Crippen LogP) is 6.19. The third kappa shape index (κ3) is 13.0. The molecule has 0 N–H and O–H groups in total. The minimum Gasteiger partial charge on any atom is -0.0622 e. The third-order valence-electron chi connectivity index (χ3n) is 4.59. The second-order valence-electron chi connectivity index (χ2n) is 6.82. The van der Waals surface area contributed by atoms with Crippen molar-refractivity contribution in [1.29, 1.82) is 0 Å². The first kappa shape index (κ1) is 30.5. The normalized spacial score (nSPS) is 11.4. The molecule has 33 heavy (non-hydrogen) atoms. The van der Waals surface area contributed by atoms with Crippen molar-refractivity contribution in [1.82, 2.24) is 0 Å². The summed E-state index contributed by atoms with van der Waals surface area (Å²) < 4.78 is 7.50. The van der Waals surface area contributed by atoms with Crippen LogP contribution in [0.1, 0.15) is 32.1 Å². The van der Waals surface area contributed by atoms with Gasteiger partial charge in [0.15, 0.2) is 0 Å². The van der Waals surface area contributed by atoms with Crippen LogP contribution in [0, 0.1) is 6.65 Å². The molecular weight excluding hydrogens is 467 g/mol. The first-order valence-electron chi connectivity index (χ1n) is 10.7. The maximum atomic E-state index is 9.30. The van der Waals surface area contributed by atoms with Crippen LogP contribution in [0.4, 0.5) is 0 Å². The molecule has 4 rings (SSSR count). The first-order valence-corrected chi connectivity index (χ1v) is 12.0. The van der Waals surface area contributed by atoms with Gasteiger partial charge in [0.2, 0.25) is 0 Å². The van der Waals surface area contributed by atoms with Gasteiger partial charge in [-0.3, -0.25) is 0 Å². The minimum absolute atomic E-state index is 0. The van der Waals surface area contributed by atoms with E-state index in [1.54, 1.807) is 6.29 Å². The van der Waals surface area contributed by atoms with Crippen molar-refractivity contribution >= 4 is 30.1 Å². The maximum absolute atomic E-state index is 9.30. The van der Waals surface area contributed by atoms with Gasteiger partial charge in [0.1, 0.15) is 0 Å². The molecule has 0 amide bonds. The second-order valence-corrected chi connectivity index (χ2v) is 9.04. The van der Waals surface area contributed by atoms with Gasteiger partial charge in [-0.05, 0) is 30.1 Å². The van der Waals surface area contributed by atoms with E-state index in [2.05, 4.69) is 104 Å². The summed E-state index contributed by atoms with van der Waals surface area (Å²) in [4.78, 5) is 9.30. The van der Waals surface area contributed by atoms with Crippen molar-refractivity contribution in [3.63, 3.8) is 0 Å². The van der Waals surface area contributed by atoms with E-state index in [4.69, 9.17) is 4.65 Å². The Bertz CT molecular complexity index is 794. The Morgan fingerprint density at radius 3 is 1.21 bits per heavy atom. The van der Waals surface area contributed by atoms with E-state index in [1.165, 1.54) is 66.2 Å². The zero-order valence-corrected chi connectivity index (χ0v) is 20.8. The van der Waals surface area contributed by atoms with Crippen LogP contribution in [-0.2, 0) is 26.5 Å². The largest absolute Gasteiger partial charge is 2.00 e. The van der Waals surface area contributed by atoms with Crippen LogP contribution < -0.4 is 15.9 Å². The van der Waals surface area contributed by atoms with Crippen molar-refractivity contribution < 1.29 is 26.5 Å². The Morgan fingerprint density at radius 1 is 0.697 bits per heavy atom. The fraction of sp³-hybridized carbons (Fsp3) is 0.172. The fourth-order valence-electron chi connectivity index (χ4n) is 3.17. The molecule has 1 fully saturated rings. The Hall–Kier alpha value is -2.50. The molecule has 2 nitrogen and oxygen atoms in total. The maximum Gasteiger partial charge on any atom is 2.00 e. The molecule has 3 aromatic rings. The van der Waals surface area contributed by atoms with Gasteiger partial charge in [0.25, 0.3) is 0 Å². The van der Waals surface area contributed by atoms with Crippen LogP contribution in [0.2, 0.25) is 0 Å². The molecule has 4 heteroatoms. The van der Waals surface area contributed by atoms with Crippen LogP contribution in [0.15, 0.2) is 116 Å². The number of carbonyl (C=O) groups excluding carboxylic acids is 1. The van der Waals surface area contributed by atoms with E-state index in [0.29, 0.717) is 0 Å². The Kier molecular flexibility index (Phi) is 19.7. The van der Waals surface area contributed by atoms with E-state index < -0.39 is 7.92 Å². The Labute approximate surface area is 210 Å². The molecule has 0 saturated heterocycles. The number of benzene rings is 3. The molecule has 1 aliphatic rings. The van der Waals surface area contributed by atoms with Crippen LogP contribution in [-0.4, -0.2) is 6.29 Å². The van der Waals surface area contributed by atoms with E-state index in [0.717, 1.165) is 0 Å². The molecule has 170 valence electrons. The monoisotopic (exact) mass is 497 g/mol. The molecule has 3 aromatic carbocycles. The van der Waals surface area contributed by atoms with Crippen molar-refractivity contribution in [2.45, 2.75) is 32.1 Å². The average molecular weight is 497 g/mol. The van der Waals surface area contributed by atoms with Crippen molar-refractivity contribution in [2.75, 3.05) is 0 Å².